The Morgan fingerprint density at radius 1 is 0.414 bits per heavy atom. The van der Waals surface area contributed by atoms with E-state index in [1.807, 2.05) is 12.3 Å². The van der Waals surface area contributed by atoms with Crippen LogP contribution in [-0.2, 0) is 12.8 Å². The van der Waals surface area contributed by atoms with Crippen molar-refractivity contribution < 1.29 is 0 Å². The summed E-state index contributed by atoms with van der Waals surface area (Å²) in [5.74, 6) is 0. The van der Waals surface area contributed by atoms with Crippen LogP contribution >= 0.6 is 0 Å². The minimum atomic E-state index is 0.953. The number of fused-ring (bicyclic) bond motifs is 5. The monoisotopic (exact) mass is 760 g/mol. The van der Waals surface area contributed by atoms with E-state index in [1.165, 1.54) is 143 Å². The molecule has 0 aliphatic rings. The van der Waals surface area contributed by atoms with E-state index in [0.29, 0.717) is 0 Å². The molecule has 0 saturated carbocycles. The first-order valence-electron chi connectivity index (χ1n) is 22.3. The number of hydrogen-bond acceptors (Lipinski definition) is 2. The van der Waals surface area contributed by atoms with Crippen LogP contribution in [0.4, 0.5) is 0 Å². The average Bonchev–Trinajstić information content (AvgIpc) is 3.25. The van der Waals surface area contributed by atoms with Crippen LogP contribution < -0.4 is 0 Å². The molecule has 0 fully saturated rings. The number of aryl methyl sites for hydroxylation is 4. The van der Waals surface area contributed by atoms with Gasteiger partial charge in [-0.05, 0) is 149 Å². The third kappa shape index (κ3) is 9.02. The number of rotatable bonds is 17. The van der Waals surface area contributed by atoms with Crippen LogP contribution in [0.15, 0.2) is 121 Å². The molecular weight excluding hydrogens is 701 g/mol. The zero-order valence-electron chi connectivity index (χ0n) is 35.3. The topological polar surface area (TPSA) is 25.8 Å². The standard InChI is InChI=1S/C56H60N2/c1-5-7-9-11-13-15-18-43-38-53(47(31-40(43)4)19-16-14-12-10-8-6-2)51-35-50(46-26-25-45-32-48-30-39(3)21-22-44(48)33-49(45)34-46)36-52(37-51)54-28-27-42-24-23-41-20-17-29-57-55(41)56(42)58-54/h17,20-38H,5-16,18-19H2,1-4H3. The molecule has 0 bridgehead atoms. The highest BCUT2D eigenvalue weighted by molar-refractivity contribution is 6.04. The lowest BCUT2D eigenvalue weighted by Gasteiger charge is -2.18. The fourth-order valence-electron chi connectivity index (χ4n) is 9.03. The largest absolute Gasteiger partial charge is 0.254 e. The molecule has 2 nitrogen and oxygen atoms in total. The molecule has 0 radical (unpaired) electrons. The number of aromatic nitrogens is 2. The summed E-state index contributed by atoms with van der Waals surface area (Å²) in [6.07, 6.45) is 19.8. The summed E-state index contributed by atoms with van der Waals surface area (Å²) >= 11 is 0. The van der Waals surface area contributed by atoms with E-state index in [2.05, 4.69) is 137 Å². The molecule has 0 N–H and O–H groups in total. The second kappa shape index (κ2) is 18.5. The van der Waals surface area contributed by atoms with Crippen LogP contribution in [0.5, 0.6) is 0 Å². The van der Waals surface area contributed by atoms with Crippen molar-refractivity contribution in [2.24, 2.45) is 0 Å². The molecule has 0 unspecified atom stereocenters. The van der Waals surface area contributed by atoms with Gasteiger partial charge in [-0.3, -0.25) is 4.98 Å². The van der Waals surface area contributed by atoms with Crippen molar-refractivity contribution in [3.63, 3.8) is 0 Å². The number of unbranched alkanes of at least 4 members (excludes halogenated alkanes) is 10. The van der Waals surface area contributed by atoms with Crippen LogP contribution in [0.25, 0.3) is 76.9 Å². The van der Waals surface area contributed by atoms with Gasteiger partial charge in [0, 0.05) is 22.5 Å². The highest BCUT2D eigenvalue weighted by atomic mass is 14.7. The van der Waals surface area contributed by atoms with Gasteiger partial charge in [0.2, 0.25) is 0 Å². The van der Waals surface area contributed by atoms with Gasteiger partial charge >= 0.3 is 0 Å². The molecule has 8 rings (SSSR count). The Morgan fingerprint density at radius 2 is 1.02 bits per heavy atom. The minimum Gasteiger partial charge on any atom is -0.254 e. The molecular formula is C56H60N2. The Balaban J connectivity index is 1.26. The molecule has 0 saturated heterocycles. The van der Waals surface area contributed by atoms with E-state index < -0.39 is 0 Å². The first-order chi connectivity index (χ1) is 28.5. The molecule has 2 aromatic heterocycles. The van der Waals surface area contributed by atoms with Crippen molar-refractivity contribution in [2.75, 3.05) is 0 Å². The summed E-state index contributed by atoms with van der Waals surface area (Å²) in [4.78, 5) is 10.2. The van der Waals surface area contributed by atoms with Gasteiger partial charge in [0.15, 0.2) is 0 Å². The van der Waals surface area contributed by atoms with E-state index in [4.69, 9.17) is 9.97 Å². The molecule has 294 valence electrons. The van der Waals surface area contributed by atoms with Crippen molar-refractivity contribution in [1.29, 1.82) is 0 Å². The van der Waals surface area contributed by atoms with Crippen LogP contribution in [-0.4, -0.2) is 9.97 Å². The second-order valence-corrected chi connectivity index (χ2v) is 16.9. The lowest BCUT2D eigenvalue weighted by atomic mass is 9.87. The fraction of sp³-hybridized carbons (Fsp3) is 0.321. The number of nitrogens with zero attached hydrogens (tertiary/aromatic N) is 2. The summed E-state index contributed by atoms with van der Waals surface area (Å²) in [5, 5.41) is 7.34. The van der Waals surface area contributed by atoms with Crippen molar-refractivity contribution >= 4 is 43.4 Å². The summed E-state index contributed by atoms with van der Waals surface area (Å²) in [6, 6.07) is 43.7. The maximum Gasteiger partial charge on any atom is 0.0972 e. The molecule has 0 atom stereocenters. The predicted molar refractivity (Wildman–Crippen MR) is 252 cm³/mol. The van der Waals surface area contributed by atoms with Crippen LogP contribution in [0.3, 0.4) is 0 Å². The van der Waals surface area contributed by atoms with Crippen LogP contribution in [0.1, 0.15) is 113 Å². The first-order valence-corrected chi connectivity index (χ1v) is 22.3. The minimum absolute atomic E-state index is 0.953. The highest BCUT2D eigenvalue weighted by Gasteiger charge is 2.16. The number of pyridine rings is 2. The quantitative estimate of drug-likeness (QED) is 0.0525. The van der Waals surface area contributed by atoms with Gasteiger partial charge in [0.1, 0.15) is 0 Å². The first kappa shape index (κ1) is 39.5. The van der Waals surface area contributed by atoms with Gasteiger partial charge in [-0.15, -0.1) is 0 Å². The Morgan fingerprint density at radius 3 is 1.78 bits per heavy atom. The smallest absolute Gasteiger partial charge is 0.0972 e. The van der Waals surface area contributed by atoms with E-state index in [-0.39, 0.29) is 0 Å². The third-order valence-corrected chi connectivity index (χ3v) is 12.4. The van der Waals surface area contributed by atoms with E-state index >= 15 is 0 Å². The summed E-state index contributed by atoms with van der Waals surface area (Å²) in [6.45, 7) is 9.12. The normalized spacial score (nSPS) is 11.7. The predicted octanol–water partition coefficient (Wildman–Crippen LogP) is 16.5. The average molecular weight is 761 g/mol. The third-order valence-electron chi connectivity index (χ3n) is 12.4. The summed E-state index contributed by atoms with van der Waals surface area (Å²) in [5.41, 5.74) is 14.9. The number of hydrogen-bond donors (Lipinski definition) is 0. The SMILES string of the molecule is CCCCCCCCc1cc(-c2cc(-c3ccc4cc5cc(C)ccc5cc4c3)cc(-c3ccc4ccc5cccnc5c4n3)c2)c(CCCCCCCC)cc1C. The van der Waals surface area contributed by atoms with Gasteiger partial charge in [0.25, 0.3) is 0 Å². The maximum absolute atomic E-state index is 5.38. The zero-order valence-corrected chi connectivity index (χ0v) is 35.3. The van der Waals surface area contributed by atoms with E-state index in [9.17, 15) is 0 Å². The molecule has 0 spiro atoms. The number of benzene rings is 6. The van der Waals surface area contributed by atoms with Crippen LogP contribution in [0.2, 0.25) is 0 Å². The lowest BCUT2D eigenvalue weighted by Crippen LogP contribution is -1.99. The van der Waals surface area contributed by atoms with Gasteiger partial charge in [0.05, 0.1) is 16.7 Å². The molecule has 0 aliphatic heterocycles. The van der Waals surface area contributed by atoms with Crippen molar-refractivity contribution in [2.45, 2.75) is 118 Å². The summed E-state index contributed by atoms with van der Waals surface area (Å²) < 4.78 is 0. The Hall–Kier alpha value is -5.34. The second-order valence-electron chi connectivity index (χ2n) is 16.9. The zero-order chi connectivity index (χ0) is 39.8. The van der Waals surface area contributed by atoms with E-state index in [1.54, 1.807) is 0 Å². The molecule has 0 amide bonds. The lowest BCUT2D eigenvalue weighted by molar-refractivity contribution is 0.605. The van der Waals surface area contributed by atoms with Gasteiger partial charge in [-0.2, -0.15) is 0 Å². The summed E-state index contributed by atoms with van der Waals surface area (Å²) in [7, 11) is 0. The van der Waals surface area contributed by atoms with Crippen molar-refractivity contribution in [3.05, 3.63) is 144 Å². The van der Waals surface area contributed by atoms with Gasteiger partial charge in [-0.25, -0.2) is 4.98 Å². The molecule has 2 heteroatoms. The van der Waals surface area contributed by atoms with Gasteiger partial charge in [-0.1, -0.05) is 150 Å². The Kier molecular flexibility index (Phi) is 12.6. The molecule has 0 aliphatic carbocycles. The Bertz CT molecular complexity index is 2680. The molecule has 8 aromatic rings. The van der Waals surface area contributed by atoms with Crippen molar-refractivity contribution in [3.8, 4) is 33.5 Å². The van der Waals surface area contributed by atoms with Crippen LogP contribution in [0, 0.1) is 13.8 Å². The highest BCUT2D eigenvalue weighted by Crippen LogP contribution is 2.38. The Labute approximate surface area is 346 Å². The van der Waals surface area contributed by atoms with E-state index in [0.717, 1.165) is 45.9 Å². The molecule has 2 heterocycles. The molecule has 6 aromatic carbocycles. The van der Waals surface area contributed by atoms with Gasteiger partial charge < -0.3 is 0 Å². The fourth-order valence-corrected chi connectivity index (χ4v) is 9.03. The maximum atomic E-state index is 5.38. The molecule has 58 heavy (non-hydrogen) atoms. The van der Waals surface area contributed by atoms with Crippen molar-refractivity contribution in [1.82, 2.24) is 9.97 Å².